The molecule has 1 atom stereocenters. The van der Waals surface area contributed by atoms with Crippen LogP contribution in [0.2, 0.25) is 0 Å². The zero-order valence-corrected chi connectivity index (χ0v) is 7.64. The van der Waals surface area contributed by atoms with Crippen LogP contribution in [-0.2, 0) is 10.1 Å². The van der Waals surface area contributed by atoms with Crippen molar-refractivity contribution in [2.24, 2.45) is 0 Å². The summed E-state index contributed by atoms with van der Waals surface area (Å²) in [5.74, 6) is -1.03. The molecular weight excluding hydrogens is 212 g/mol. The molecule has 0 aromatic heterocycles. The molecule has 0 spiro atoms. The van der Waals surface area contributed by atoms with E-state index in [0.29, 0.717) is 0 Å². The van der Waals surface area contributed by atoms with Gasteiger partial charge in [0.15, 0.2) is 11.5 Å². The number of phenols is 2. The molecule has 1 rings (SSSR count). The van der Waals surface area contributed by atoms with Crippen molar-refractivity contribution in [1.82, 2.24) is 0 Å². The summed E-state index contributed by atoms with van der Waals surface area (Å²) in [6, 6.07) is 2.90. The Balaban J connectivity index is 3.16. The Kier molecular flexibility index (Phi) is 2.65. The number of benzene rings is 1. The van der Waals surface area contributed by atoms with E-state index in [4.69, 9.17) is 19.9 Å². The van der Waals surface area contributed by atoms with Crippen LogP contribution < -0.4 is 0 Å². The largest absolute Gasteiger partial charge is 0.504 e. The summed E-state index contributed by atoms with van der Waals surface area (Å²) in [5.41, 5.74) is -2.36. The average Bonchev–Trinajstić information content (AvgIpc) is 2.07. The van der Waals surface area contributed by atoms with Crippen molar-refractivity contribution in [3.05, 3.63) is 23.8 Å². The van der Waals surface area contributed by atoms with Gasteiger partial charge in [-0.3, -0.25) is 4.55 Å². The molecule has 0 radical (unpaired) electrons. The number of aromatic hydroxyl groups is 2. The first kappa shape index (κ1) is 10.8. The minimum Gasteiger partial charge on any atom is -0.504 e. The lowest BCUT2D eigenvalue weighted by atomic mass is 10.2. The smallest absolute Gasteiger partial charge is 0.296 e. The van der Waals surface area contributed by atoms with Crippen molar-refractivity contribution in [3.63, 3.8) is 0 Å². The molecule has 0 aliphatic heterocycles. The van der Waals surface area contributed by atoms with Gasteiger partial charge >= 0.3 is 0 Å². The predicted molar refractivity (Wildman–Crippen MR) is 46.3 cm³/mol. The third-order valence-electron chi connectivity index (χ3n) is 1.57. The van der Waals surface area contributed by atoms with Gasteiger partial charge < -0.3 is 15.3 Å². The summed E-state index contributed by atoms with van der Waals surface area (Å²) in [4.78, 5) is 0. The van der Waals surface area contributed by atoms with Crippen LogP contribution in [0.5, 0.6) is 11.5 Å². The zero-order chi connectivity index (χ0) is 10.9. The number of rotatable bonds is 2. The second-order valence-electron chi connectivity index (χ2n) is 2.62. The molecule has 0 bridgehead atoms. The highest BCUT2D eigenvalue weighted by Gasteiger charge is 2.22. The Hall–Kier alpha value is -1.31. The summed E-state index contributed by atoms with van der Waals surface area (Å²) < 4.78 is 29.5. The molecule has 4 N–H and O–H groups in total. The van der Waals surface area contributed by atoms with E-state index in [0.717, 1.165) is 18.2 Å². The summed E-state index contributed by atoms with van der Waals surface area (Å²) in [5, 5.41) is 26.9. The molecule has 78 valence electrons. The summed E-state index contributed by atoms with van der Waals surface area (Å²) in [7, 11) is -4.62. The molecule has 0 saturated heterocycles. The summed E-state index contributed by atoms with van der Waals surface area (Å²) >= 11 is 0. The van der Waals surface area contributed by atoms with Crippen molar-refractivity contribution in [2.45, 2.75) is 5.44 Å². The molecule has 1 aromatic carbocycles. The normalized spacial score (nSPS) is 13.9. The number of hydrogen-bond donors (Lipinski definition) is 4. The highest BCUT2D eigenvalue weighted by molar-refractivity contribution is 7.85. The lowest BCUT2D eigenvalue weighted by Crippen LogP contribution is -2.10. The molecule has 0 unspecified atom stereocenters. The maximum Gasteiger partial charge on any atom is 0.296 e. The minimum absolute atomic E-state index is 0.234. The van der Waals surface area contributed by atoms with Gasteiger partial charge in [0.2, 0.25) is 5.44 Å². The van der Waals surface area contributed by atoms with Gasteiger partial charge in [-0.2, -0.15) is 8.42 Å². The van der Waals surface area contributed by atoms with Crippen LogP contribution in [0.3, 0.4) is 0 Å². The number of aliphatic hydroxyl groups excluding tert-OH is 1. The molecule has 0 aliphatic carbocycles. The van der Waals surface area contributed by atoms with Crippen molar-refractivity contribution >= 4 is 10.1 Å². The molecule has 0 aliphatic rings. The van der Waals surface area contributed by atoms with Gasteiger partial charge in [-0.05, 0) is 12.1 Å². The van der Waals surface area contributed by atoms with Gasteiger partial charge in [0.1, 0.15) is 0 Å². The van der Waals surface area contributed by atoms with Crippen LogP contribution in [0, 0.1) is 0 Å². The van der Waals surface area contributed by atoms with Crippen LogP contribution in [0.1, 0.15) is 11.0 Å². The topological polar surface area (TPSA) is 115 Å². The fraction of sp³-hybridized carbons (Fsp3) is 0.143. The third-order valence-corrected chi connectivity index (χ3v) is 2.40. The average molecular weight is 220 g/mol. The fourth-order valence-electron chi connectivity index (χ4n) is 0.866. The van der Waals surface area contributed by atoms with E-state index < -0.39 is 27.1 Å². The Bertz CT molecular complexity index is 437. The second kappa shape index (κ2) is 3.45. The molecule has 6 nitrogen and oxygen atoms in total. The van der Waals surface area contributed by atoms with Crippen LogP contribution in [-0.4, -0.2) is 28.3 Å². The fourth-order valence-corrected chi connectivity index (χ4v) is 1.36. The van der Waals surface area contributed by atoms with Crippen molar-refractivity contribution in [3.8, 4) is 11.5 Å². The monoisotopic (exact) mass is 220 g/mol. The maximum absolute atomic E-state index is 10.5. The van der Waals surface area contributed by atoms with Gasteiger partial charge in [0, 0.05) is 5.56 Å². The Morgan fingerprint density at radius 3 is 2.14 bits per heavy atom. The molecular formula is C7H8O6S. The highest BCUT2D eigenvalue weighted by atomic mass is 32.2. The van der Waals surface area contributed by atoms with Crippen molar-refractivity contribution in [1.29, 1.82) is 0 Å². The van der Waals surface area contributed by atoms with E-state index in [9.17, 15) is 8.42 Å². The van der Waals surface area contributed by atoms with E-state index in [1.165, 1.54) is 0 Å². The number of hydrogen-bond acceptors (Lipinski definition) is 5. The maximum atomic E-state index is 10.5. The van der Waals surface area contributed by atoms with Gasteiger partial charge in [-0.15, -0.1) is 0 Å². The van der Waals surface area contributed by atoms with Crippen molar-refractivity contribution < 1.29 is 28.3 Å². The molecule has 1 aromatic rings. The first-order valence-corrected chi connectivity index (χ1v) is 4.99. The first-order chi connectivity index (χ1) is 6.32. The van der Waals surface area contributed by atoms with E-state index in [-0.39, 0.29) is 5.56 Å². The highest BCUT2D eigenvalue weighted by Crippen LogP contribution is 2.29. The summed E-state index contributed by atoms with van der Waals surface area (Å²) in [6.07, 6.45) is 0. The van der Waals surface area contributed by atoms with Gasteiger partial charge in [0.05, 0.1) is 0 Å². The first-order valence-electron chi connectivity index (χ1n) is 3.48. The minimum atomic E-state index is -4.62. The number of phenolic OH excluding ortho intramolecular Hbond substituents is 2. The second-order valence-corrected chi connectivity index (χ2v) is 4.09. The van der Waals surface area contributed by atoms with Crippen LogP contribution >= 0.6 is 0 Å². The van der Waals surface area contributed by atoms with Crippen LogP contribution in [0.4, 0.5) is 0 Å². The van der Waals surface area contributed by atoms with Gasteiger partial charge in [0.25, 0.3) is 10.1 Å². The van der Waals surface area contributed by atoms with Gasteiger partial charge in [-0.25, -0.2) is 0 Å². The molecule has 0 fully saturated rings. The predicted octanol–water partition coefficient (Wildman–Crippen LogP) is -0.0235. The Labute approximate surface area is 79.8 Å². The lowest BCUT2D eigenvalue weighted by Gasteiger charge is -2.07. The SMILES string of the molecule is O=S(=O)(O)[C@@H](O)c1ccc(O)c(O)c1. The molecule has 7 heteroatoms. The Morgan fingerprint density at radius 1 is 1.14 bits per heavy atom. The zero-order valence-electron chi connectivity index (χ0n) is 6.82. The summed E-state index contributed by atoms with van der Waals surface area (Å²) in [6.45, 7) is 0. The Morgan fingerprint density at radius 2 is 1.71 bits per heavy atom. The van der Waals surface area contributed by atoms with Gasteiger partial charge in [-0.1, -0.05) is 6.07 Å². The standard InChI is InChI=1S/C7H8O6S/c8-5-2-1-4(3-6(5)9)7(10)14(11,12)13/h1-3,7-10H,(H,11,12,13)/t7-/m1/s1. The quantitative estimate of drug-likeness (QED) is 0.411. The molecule has 0 heterocycles. The molecule has 0 saturated carbocycles. The lowest BCUT2D eigenvalue weighted by molar-refractivity contribution is 0.237. The number of aliphatic hydroxyl groups is 1. The molecule has 0 amide bonds. The third kappa shape index (κ3) is 2.13. The van der Waals surface area contributed by atoms with E-state index >= 15 is 0 Å². The van der Waals surface area contributed by atoms with E-state index in [1.54, 1.807) is 0 Å². The van der Waals surface area contributed by atoms with Crippen molar-refractivity contribution in [2.75, 3.05) is 0 Å². The van der Waals surface area contributed by atoms with E-state index in [2.05, 4.69) is 0 Å². The van der Waals surface area contributed by atoms with Crippen LogP contribution in [0.15, 0.2) is 18.2 Å². The molecule has 14 heavy (non-hydrogen) atoms. The van der Waals surface area contributed by atoms with Crippen LogP contribution in [0.25, 0.3) is 0 Å². The van der Waals surface area contributed by atoms with E-state index in [1.807, 2.05) is 0 Å².